The Morgan fingerprint density at radius 3 is 2.94 bits per heavy atom. The second kappa shape index (κ2) is 3.89. The van der Waals surface area contributed by atoms with Crippen LogP contribution in [0, 0.1) is 5.92 Å². The highest BCUT2D eigenvalue weighted by Crippen LogP contribution is 2.32. The number of carbonyl (C=O) groups is 1. The van der Waals surface area contributed by atoms with Crippen LogP contribution in [0.25, 0.3) is 11.0 Å². The monoisotopic (exact) mass is 230 g/mol. The van der Waals surface area contributed by atoms with Gasteiger partial charge in [-0.15, -0.1) is 0 Å². The number of benzene rings is 1. The summed E-state index contributed by atoms with van der Waals surface area (Å²) in [6, 6.07) is 9.85. The molecule has 1 saturated heterocycles. The second-order valence-electron chi connectivity index (χ2n) is 4.46. The Balaban J connectivity index is 2.00. The third kappa shape index (κ3) is 1.70. The van der Waals surface area contributed by atoms with Crippen molar-refractivity contribution in [3.63, 3.8) is 0 Å². The molecule has 1 aromatic heterocycles. The van der Waals surface area contributed by atoms with Gasteiger partial charge in [0.05, 0.1) is 5.92 Å². The molecule has 2 aromatic rings. The number of nitrogens with one attached hydrogen (secondary N) is 1. The van der Waals surface area contributed by atoms with E-state index in [1.165, 1.54) is 0 Å². The molecule has 17 heavy (non-hydrogen) atoms. The minimum absolute atomic E-state index is 0.0555. The highest BCUT2D eigenvalue weighted by Gasteiger charge is 2.34. The molecule has 1 amide bonds. The van der Waals surface area contributed by atoms with Gasteiger partial charge in [-0.3, -0.25) is 4.79 Å². The van der Waals surface area contributed by atoms with Crippen molar-refractivity contribution in [1.82, 2.24) is 5.32 Å². The second-order valence-corrected chi connectivity index (χ2v) is 4.46. The molecular weight excluding hydrogens is 216 g/mol. The largest absolute Gasteiger partial charge is 0.461 e. The molecule has 2 atom stereocenters. The van der Waals surface area contributed by atoms with E-state index in [0.717, 1.165) is 23.3 Å². The van der Waals surface area contributed by atoms with Gasteiger partial charge in [0.1, 0.15) is 11.3 Å². The summed E-state index contributed by atoms with van der Waals surface area (Å²) >= 11 is 0. The number of hydrogen-bond acceptors (Lipinski definition) is 3. The Labute approximate surface area is 98.8 Å². The molecule has 3 N–H and O–H groups in total. The average molecular weight is 230 g/mol. The fourth-order valence-corrected chi connectivity index (χ4v) is 2.46. The molecule has 0 bridgehead atoms. The zero-order chi connectivity index (χ0) is 11.8. The maximum absolute atomic E-state index is 11.3. The van der Waals surface area contributed by atoms with E-state index in [0.29, 0.717) is 6.54 Å². The van der Waals surface area contributed by atoms with Gasteiger partial charge in [0, 0.05) is 24.4 Å². The smallest absolute Gasteiger partial charge is 0.222 e. The van der Waals surface area contributed by atoms with Crippen LogP contribution in [-0.2, 0) is 4.79 Å². The number of nitrogens with two attached hydrogens (primary N) is 1. The van der Waals surface area contributed by atoms with Crippen LogP contribution in [0.3, 0.4) is 0 Å². The predicted molar refractivity (Wildman–Crippen MR) is 64.5 cm³/mol. The van der Waals surface area contributed by atoms with Gasteiger partial charge in [-0.05, 0) is 12.1 Å². The fraction of sp³-hybridized carbons (Fsp3) is 0.308. The molecule has 0 spiro atoms. The van der Waals surface area contributed by atoms with Crippen LogP contribution in [0.5, 0.6) is 0 Å². The van der Waals surface area contributed by atoms with Crippen LogP contribution in [-0.4, -0.2) is 19.0 Å². The minimum atomic E-state index is -0.263. The Morgan fingerprint density at radius 2 is 2.18 bits per heavy atom. The van der Waals surface area contributed by atoms with Gasteiger partial charge >= 0.3 is 0 Å². The van der Waals surface area contributed by atoms with Crippen molar-refractivity contribution < 1.29 is 9.21 Å². The zero-order valence-corrected chi connectivity index (χ0v) is 9.35. The van der Waals surface area contributed by atoms with E-state index in [2.05, 4.69) is 5.32 Å². The van der Waals surface area contributed by atoms with E-state index in [1.807, 2.05) is 30.3 Å². The summed E-state index contributed by atoms with van der Waals surface area (Å²) < 4.78 is 5.78. The third-order valence-corrected chi connectivity index (χ3v) is 3.39. The molecule has 0 saturated carbocycles. The van der Waals surface area contributed by atoms with Crippen LogP contribution in [0.1, 0.15) is 11.7 Å². The van der Waals surface area contributed by atoms with Crippen molar-refractivity contribution in [2.24, 2.45) is 11.7 Å². The lowest BCUT2D eigenvalue weighted by atomic mass is 9.93. The summed E-state index contributed by atoms with van der Waals surface area (Å²) in [6.07, 6.45) is 0. The highest BCUT2D eigenvalue weighted by molar-refractivity contribution is 5.80. The van der Waals surface area contributed by atoms with Crippen LogP contribution in [0.15, 0.2) is 34.7 Å². The van der Waals surface area contributed by atoms with Crippen molar-refractivity contribution in [2.75, 3.05) is 13.1 Å². The lowest BCUT2D eigenvalue weighted by molar-refractivity contribution is -0.121. The van der Waals surface area contributed by atoms with Gasteiger partial charge in [0.15, 0.2) is 0 Å². The first-order valence-corrected chi connectivity index (χ1v) is 5.74. The maximum atomic E-state index is 11.3. The van der Waals surface area contributed by atoms with Gasteiger partial charge in [0.25, 0.3) is 0 Å². The Hall–Kier alpha value is -1.81. The topological polar surface area (TPSA) is 68.3 Å². The SMILES string of the molecule is NC(=O)C1CNCC1c1cc2ccccc2o1. The van der Waals surface area contributed by atoms with E-state index >= 15 is 0 Å². The van der Waals surface area contributed by atoms with E-state index in [4.69, 9.17) is 10.2 Å². The van der Waals surface area contributed by atoms with Crippen LogP contribution in [0.2, 0.25) is 0 Å². The summed E-state index contributed by atoms with van der Waals surface area (Å²) in [5.74, 6) is 0.468. The van der Waals surface area contributed by atoms with E-state index in [1.54, 1.807) is 0 Å². The number of fused-ring (bicyclic) bond motifs is 1. The summed E-state index contributed by atoms with van der Waals surface area (Å²) in [6.45, 7) is 1.38. The molecular formula is C13H14N2O2. The molecule has 1 aliphatic rings. The molecule has 2 unspecified atom stereocenters. The number of furan rings is 1. The van der Waals surface area contributed by atoms with Crippen molar-refractivity contribution in [1.29, 1.82) is 0 Å². The van der Waals surface area contributed by atoms with Gasteiger partial charge < -0.3 is 15.5 Å². The predicted octanol–water partition coefficient (Wildman–Crippen LogP) is 1.22. The molecule has 88 valence electrons. The number of hydrogen-bond donors (Lipinski definition) is 2. The summed E-state index contributed by atoms with van der Waals surface area (Å²) in [4.78, 5) is 11.3. The van der Waals surface area contributed by atoms with Gasteiger partial charge in [-0.1, -0.05) is 18.2 Å². The molecule has 1 fully saturated rings. The maximum Gasteiger partial charge on any atom is 0.222 e. The summed E-state index contributed by atoms with van der Waals surface area (Å²) in [5.41, 5.74) is 6.26. The number of rotatable bonds is 2. The highest BCUT2D eigenvalue weighted by atomic mass is 16.3. The van der Waals surface area contributed by atoms with Crippen LogP contribution < -0.4 is 11.1 Å². The van der Waals surface area contributed by atoms with Crippen LogP contribution >= 0.6 is 0 Å². The van der Waals surface area contributed by atoms with Gasteiger partial charge in [0.2, 0.25) is 5.91 Å². The molecule has 0 aliphatic carbocycles. The third-order valence-electron chi connectivity index (χ3n) is 3.39. The minimum Gasteiger partial charge on any atom is -0.461 e. The number of carbonyl (C=O) groups excluding carboxylic acids is 1. The standard InChI is InChI=1S/C13H14N2O2/c14-13(16)10-7-15-6-9(10)12-5-8-3-1-2-4-11(8)17-12/h1-5,9-10,15H,6-7H2,(H2,14,16). The van der Waals surface area contributed by atoms with E-state index in [-0.39, 0.29) is 17.7 Å². The molecule has 2 heterocycles. The number of primary amides is 1. The van der Waals surface area contributed by atoms with Crippen molar-refractivity contribution in [3.05, 3.63) is 36.1 Å². The van der Waals surface area contributed by atoms with Gasteiger partial charge in [-0.25, -0.2) is 0 Å². The quantitative estimate of drug-likeness (QED) is 0.815. The average Bonchev–Trinajstić information content (AvgIpc) is 2.95. The zero-order valence-electron chi connectivity index (χ0n) is 9.35. The molecule has 4 nitrogen and oxygen atoms in total. The Bertz CT molecular complexity index is 528. The lowest BCUT2D eigenvalue weighted by Crippen LogP contribution is -2.28. The number of amides is 1. The van der Waals surface area contributed by atoms with Crippen LogP contribution in [0.4, 0.5) is 0 Å². The van der Waals surface area contributed by atoms with Crippen molar-refractivity contribution in [2.45, 2.75) is 5.92 Å². The first-order valence-electron chi connectivity index (χ1n) is 5.74. The first kappa shape index (κ1) is 10.4. The fourth-order valence-electron chi connectivity index (χ4n) is 2.46. The first-order chi connectivity index (χ1) is 8.25. The summed E-state index contributed by atoms with van der Waals surface area (Å²) in [5, 5.41) is 4.25. The normalized spacial score (nSPS) is 24.2. The molecule has 4 heteroatoms. The van der Waals surface area contributed by atoms with Crippen molar-refractivity contribution in [3.8, 4) is 0 Å². The molecule has 0 radical (unpaired) electrons. The molecule has 1 aliphatic heterocycles. The molecule has 1 aromatic carbocycles. The number of para-hydroxylation sites is 1. The van der Waals surface area contributed by atoms with E-state index in [9.17, 15) is 4.79 Å². The summed E-state index contributed by atoms with van der Waals surface area (Å²) in [7, 11) is 0. The Morgan fingerprint density at radius 1 is 1.35 bits per heavy atom. The van der Waals surface area contributed by atoms with E-state index < -0.39 is 0 Å². The lowest BCUT2D eigenvalue weighted by Gasteiger charge is -2.11. The molecule has 3 rings (SSSR count). The Kier molecular flexibility index (Phi) is 2.37. The van der Waals surface area contributed by atoms with Crippen molar-refractivity contribution >= 4 is 16.9 Å². The van der Waals surface area contributed by atoms with Gasteiger partial charge in [-0.2, -0.15) is 0 Å².